The third-order valence-electron chi connectivity index (χ3n) is 4.60. The predicted molar refractivity (Wildman–Crippen MR) is 104 cm³/mol. The fourth-order valence-corrected chi connectivity index (χ4v) is 3.42. The molecule has 2 aromatic heterocycles. The Morgan fingerprint density at radius 3 is 2.48 bits per heavy atom. The highest BCUT2D eigenvalue weighted by atomic mass is 16.5. The maximum atomic E-state index is 5.83. The monoisotopic (exact) mass is 365 g/mol. The molecular weight excluding hydrogens is 342 g/mol. The molecule has 4 rings (SSSR count). The van der Waals surface area contributed by atoms with Crippen molar-refractivity contribution in [3.8, 4) is 28.4 Å². The van der Waals surface area contributed by atoms with Crippen LogP contribution >= 0.6 is 0 Å². The number of aromatic amines is 1. The molecule has 1 aliphatic heterocycles. The van der Waals surface area contributed by atoms with Crippen molar-refractivity contribution in [1.29, 1.82) is 0 Å². The molecule has 0 amide bonds. The van der Waals surface area contributed by atoms with Gasteiger partial charge in [-0.25, -0.2) is 15.0 Å². The summed E-state index contributed by atoms with van der Waals surface area (Å²) in [4.78, 5) is 19.2. The van der Waals surface area contributed by atoms with Crippen LogP contribution in [0, 0.1) is 0 Å². The summed E-state index contributed by atoms with van der Waals surface area (Å²) in [6, 6.07) is 7.87. The molecule has 0 bridgehead atoms. The Morgan fingerprint density at radius 2 is 1.85 bits per heavy atom. The number of nitrogens with zero attached hydrogens (tertiary/aromatic N) is 4. The first-order chi connectivity index (χ1) is 13.1. The summed E-state index contributed by atoms with van der Waals surface area (Å²) in [5.41, 5.74) is 2.69. The molecule has 7 nitrogen and oxygen atoms in total. The Bertz CT molecular complexity index is 885. The fraction of sp³-hybridized carbons (Fsp3) is 0.350. The lowest BCUT2D eigenvalue weighted by molar-refractivity contribution is -0.00571. The highest BCUT2D eigenvalue weighted by Gasteiger charge is 2.25. The van der Waals surface area contributed by atoms with E-state index in [-0.39, 0.29) is 12.2 Å². The van der Waals surface area contributed by atoms with E-state index < -0.39 is 0 Å². The molecule has 2 atom stereocenters. The number of anilines is 1. The minimum Gasteiger partial charge on any atom is -0.497 e. The van der Waals surface area contributed by atoms with Crippen LogP contribution in [0.4, 0.5) is 5.95 Å². The lowest BCUT2D eigenvalue weighted by atomic mass is 10.1. The van der Waals surface area contributed by atoms with E-state index in [0.29, 0.717) is 5.95 Å². The minimum atomic E-state index is 0.145. The largest absolute Gasteiger partial charge is 0.497 e. The first-order valence-corrected chi connectivity index (χ1v) is 9.05. The van der Waals surface area contributed by atoms with E-state index in [1.807, 2.05) is 30.5 Å². The number of hydrogen-bond acceptors (Lipinski definition) is 6. The van der Waals surface area contributed by atoms with Crippen LogP contribution in [0.5, 0.6) is 5.75 Å². The number of benzene rings is 1. The smallest absolute Gasteiger partial charge is 0.226 e. The van der Waals surface area contributed by atoms with Crippen LogP contribution in [0.1, 0.15) is 13.8 Å². The lowest BCUT2D eigenvalue weighted by Crippen LogP contribution is -2.46. The number of aromatic nitrogens is 4. The minimum absolute atomic E-state index is 0.145. The molecule has 3 heterocycles. The van der Waals surface area contributed by atoms with Crippen molar-refractivity contribution in [2.24, 2.45) is 0 Å². The normalized spacial score (nSPS) is 19.9. The van der Waals surface area contributed by atoms with E-state index in [4.69, 9.17) is 14.5 Å². The van der Waals surface area contributed by atoms with Crippen LogP contribution < -0.4 is 9.64 Å². The highest BCUT2D eigenvalue weighted by molar-refractivity contribution is 5.78. The molecule has 1 aliphatic rings. The van der Waals surface area contributed by atoms with Gasteiger partial charge < -0.3 is 19.4 Å². The zero-order chi connectivity index (χ0) is 18.8. The number of ether oxygens (including phenoxy) is 2. The van der Waals surface area contributed by atoms with Crippen molar-refractivity contribution in [2.75, 3.05) is 25.1 Å². The van der Waals surface area contributed by atoms with Gasteiger partial charge in [-0.1, -0.05) is 0 Å². The van der Waals surface area contributed by atoms with E-state index in [0.717, 1.165) is 41.5 Å². The SMILES string of the molecule is COc1ccc(-c2nc(N3C[C@@H](C)O[C@H](C)C3)ncc2-c2ncc[nH]2)cc1. The van der Waals surface area contributed by atoms with Crippen LogP contribution in [0.3, 0.4) is 0 Å². The van der Waals surface area contributed by atoms with E-state index in [1.165, 1.54) is 0 Å². The summed E-state index contributed by atoms with van der Waals surface area (Å²) in [5.74, 6) is 2.26. The van der Waals surface area contributed by atoms with Gasteiger partial charge in [0.1, 0.15) is 11.6 Å². The Morgan fingerprint density at radius 1 is 1.11 bits per heavy atom. The van der Waals surface area contributed by atoms with Gasteiger partial charge in [-0.05, 0) is 38.1 Å². The van der Waals surface area contributed by atoms with Gasteiger partial charge in [0.15, 0.2) is 0 Å². The molecule has 7 heteroatoms. The Balaban J connectivity index is 1.77. The maximum Gasteiger partial charge on any atom is 0.226 e. The summed E-state index contributed by atoms with van der Waals surface area (Å²) in [6.07, 6.45) is 5.66. The zero-order valence-corrected chi connectivity index (χ0v) is 15.7. The van der Waals surface area contributed by atoms with Crippen molar-refractivity contribution < 1.29 is 9.47 Å². The van der Waals surface area contributed by atoms with Gasteiger partial charge in [0.05, 0.1) is 30.6 Å². The molecule has 140 valence electrons. The van der Waals surface area contributed by atoms with Crippen molar-refractivity contribution in [2.45, 2.75) is 26.1 Å². The number of imidazole rings is 1. The quantitative estimate of drug-likeness (QED) is 0.765. The van der Waals surface area contributed by atoms with E-state index in [2.05, 4.69) is 33.7 Å². The molecule has 0 aliphatic carbocycles. The van der Waals surface area contributed by atoms with Gasteiger partial charge in [0, 0.05) is 37.2 Å². The molecule has 0 spiro atoms. The zero-order valence-electron chi connectivity index (χ0n) is 15.7. The third-order valence-corrected chi connectivity index (χ3v) is 4.60. The highest BCUT2D eigenvalue weighted by Crippen LogP contribution is 2.31. The number of rotatable bonds is 4. The molecule has 27 heavy (non-hydrogen) atoms. The van der Waals surface area contributed by atoms with Crippen LogP contribution in [0.25, 0.3) is 22.6 Å². The van der Waals surface area contributed by atoms with E-state index in [9.17, 15) is 0 Å². The summed E-state index contributed by atoms with van der Waals surface area (Å²) < 4.78 is 11.1. The van der Waals surface area contributed by atoms with E-state index in [1.54, 1.807) is 19.5 Å². The number of hydrogen-bond donors (Lipinski definition) is 1. The molecule has 0 saturated carbocycles. The first-order valence-electron chi connectivity index (χ1n) is 9.05. The van der Waals surface area contributed by atoms with Crippen LogP contribution in [-0.2, 0) is 4.74 Å². The predicted octanol–water partition coefficient (Wildman–Crippen LogP) is 3.16. The Kier molecular flexibility index (Phi) is 4.77. The number of H-pyrrole nitrogens is 1. The number of morpholine rings is 1. The van der Waals surface area contributed by atoms with Crippen LogP contribution in [-0.4, -0.2) is 52.3 Å². The number of nitrogens with one attached hydrogen (secondary N) is 1. The van der Waals surface area contributed by atoms with Gasteiger partial charge >= 0.3 is 0 Å². The summed E-state index contributed by atoms with van der Waals surface area (Å²) >= 11 is 0. The Labute approximate surface area is 158 Å². The van der Waals surface area contributed by atoms with Gasteiger partial charge in [0.25, 0.3) is 0 Å². The molecule has 1 saturated heterocycles. The second-order valence-electron chi connectivity index (χ2n) is 6.76. The molecule has 3 aromatic rings. The second kappa shape index (κ2) is 7.36. The molecule has 0 unspecified atom stereocenters. The van der Waals surface area contributed by atoms with Crippen molar-refractivity contribution in [3.63, 3.8) is 0 Å². The van der Waals surface area contributed by atoms with E-state index >= 15 is 0 Å². The van der Waals surface area contributed by atoms with Gasteiger partial charge in [-0.3, -0.25) is 0 Å². The summed E-state index contributed by atoms with van der Waals surface area (Å²) in [5, 5.41) is 0. The van der Waals surface area contributed by atoms with Crippen LogP contribution in [0.2, 0.25) is 0 Å². The molecule has 1 N–H and O–H groups in total. The standard InChI is InChI=1S/C20H23N5O2/c1-13-11-25(12-14(2)27-13)20-23-10-17(19-21-8-9-22-19)18(24-20)15-4-6-16(26-3)7-5-15/h4-10,13-14H,11-12H2,1-3H3,(H,21,22)/t13-,14-/m1/s1. The molecule has 0 radical (unpaired) electrons. The Hall–Kier alpha value is -2.93. The lowest BCUT2D eigenvalue weighted by Gasteiger charge is -2.35. The maximum absolute atomic E-state index is 5.83. The van der Waals surface area contributed by atoms with Crippen LogP contribution in [0.15, 0.2) is 42.9 Å². The fourth-order valence-electron chi connectivity index (χ4n) is 3.42. The summed E-state index contributed by atoms with van der Waals surface area (Å²) in [6.45, 7) is 5.69. The second-order valence-corrected chi connectivity index (χ2v) is 6.76. The average molecular weight is 365 g/mol. The van der Waals surface area contributed by atoms with Crippen molar-refractivity contribution in [3.05, 3.63) is 42.9 Å². The topological polar surface area (TPSA) is 76.2 Å². The molecule has 1 aromatic carbocycles. The first kappa shape index (κ1) is 17.5. The summed E-state index contributed by atoms with van der Waals surface area (Å²) in [7, 11) is 1.66. The molecule has 1 fully saturated rings. The van der Waals surface area contributed by atoms with Gasteiger partial charge in [-0.2, -0.15) is 0 Å². The van der Waals surface area contributed by atoms with Crippen molar-refractivity contribution in [1.82, 2.24) is 19.9 Å². The third kappa shape index (κ3) is 3.64. The average Bonchev–Trinajstić information content (AvgIpc) is 3.21. The molecular formula is C20H23N5O2. The van der Waals surface area contributed by atoms with Gasteiger partial charge in [0.2, 0.25) is 5.95 Å². The van der Waals surface area contributed by atoms with Crippen molar-refractivity contribution >= 4 is 5.95 Å². The number of methoxy groups -OCH3 is 1. The van der Waals surface area contributed by atoms with Gasteiger partial charge in [-0.15, -0.1) is 0 Å².